The summed E-state index contributed by atoms with van der Waals surface area (Å²) >= 11 is 0. The summed E-state index contributed by atoms with van der Waals surface area (Å²) in [6.45, 7) is 6.13. The molecule has 7 heteroatoms. The second kappa shape index (κ2) is 7.20. The number of carbonyl (C=O) groups excluding carboxylic acids is 1. The van der Waals surface area contributed by atoms with E-state index in [0.717, 1.165) is 47.3 Å². The summed E-state index contributed by atoms with van der Waals surface area (Å²) in [4.78, 5) is 27.1. The minimum Gasteiger partial charge on any atom is -0.369 e. The van der Waals surface area contributed by atoms with Gasteiger partial charge in [-0.15, -0.1) is 0 Å². The largest absolute Gasteiger partial charge is 0.369 e. The smallest absolute Gasteiger partial charge is 0.254 e. The van der Waals surface area contributed by atoms with Gasteiger partial charge in [0.05, 0.1) is 16.6 Å². The predicted molar refractivity (Wildman–Crippen MR) is 125 cm³/mol. The van der Waals surface area contributed by atoms with Gasteiger partial charge in [-0.25, -0.2) is 9.97 Å². The molecule has 0 saturated carbocycles. The van der Waals surface area contributed by atoms with Crippen LogP contribution >= 0.6 is 0 Å². The number of benzene rings is 1. The molecule has 1 atom stereocenters. The molecule has 1 saturated heterocycles. The molecule has 31 heavy (non-hydrogen) atoms. The molecule has 1 aliphatic rings. The van der Waals surface area contributed by atoms with Crippen molar-refractivity contribution in [3.63, 3.8) is 0 Å². The maximum atomic E-state index is 12.9. The van der Waals surface area contributed by atoms with E-state index in [1.165, 1.54) is 11.1 Å². The van der Waals surface area contributed by atoms with E-state index in [1.54, 1.807) is 7.05 Å². The number of hydrogen-bond acceptors (Lipinski definition) is 5. The molecule has 7 nitrogen and oxygen atoms in total. The Morgan fingerprint density at radius 2 is 1.94 bits per heavy atom. The Kier molecular flexibility index (Phi) is 4.59. The van der Waals surface area contributed by atoms with Crippen molar-refractivity contribution in [1.82, 2.24) is 24.6 Å². The first-order chi connectivity index (χ1) is 14.9. The predicted octanol–water partition coefficient (Wildman–Crippen LogP) is 3.15. The van der Waals surface area contributed by atoms with Gasteiger partial charge in [0.15, 0.2) is 5.65 Å². The number of fused-ring (bicyclic) bond motifs is 5. The lowest BCUT2D eigenvalue weighted by Crippen LogP contribution is -2.31. The second-order valence-corrected chi connectivity index (χ2v) is 8.75. The van der Waals surface area contributed by atoms with Crippen molar-refractivity contribution < 1.29 is 4.79 Å². The molecule has 0 aliphatic carbocycles. The number of hydrogen-bond donors (Lipinski definition) is 1. The third kappa shape index (κ3) is 3.03. The molecular formula is C24H28N6O. The van der Waals surface area contributed by atoms with Crippen LogP contribution in [0.4, 0.5) is 5.69 Å². The van der Waals surface area contributed by atoms with Crippen molar-refractivity contribution in [2.24, 2.45) is 0 Å². The molecule has 1 aromatic carbocycles. The fourth-order valence-electron chi connectivity index (χ4n) is 4.67. The number of amides is 1. The summed E-state index contributed by atoms with van der Waals surface area (Å²) in [5.74, 6) is -0.141. The zero-order chi connectivity index (χ0) is 21.9. The molecular weight excluding hydrogens is 388 g/mol. The summed E-state index contributed by atoms with van der Waals surface area (Å²) in [5, 5.41) is 3.76. The van der Waals surface area contributed by atoms with Crippen LogP contribution in [0.15, 0.2) is 30.5 Å². The molecule has 1 N–H and O–H groups in total. The average molecular weight is 417 g/mol. The lowest BCUT2D eigenvalue weighted by atomic mass is 10.1. The maximum absolute atomic E-state index is 12.9. The fourth-order valence-corrected chi connectivity index (χ4v) is 4.67. The minimum atomic E-state index is -0.141. The number of aromatic nitrogens is 3. The van der Waals surface area contributed by atoms with Crippen LogP contribution in [0, 0.1) is 13.8 Å². The van der Waals surface area contributed by atoms with E-state index in [2.05, 4.69) is 61.3 Å². The van der Waals surface area contributed by atoms with Gasteiger partial charge < -0.3 is 15.1 Å². The van der Waals surface area contributed by atoms with E-state index in [9.17, 15) is 4.79 Å². The van der Waals surface area contributed by atoms with Crippen molar-refractivity contribution in [2.45, 2.75) is 26.3 Å². The first-order valence-electron chi connectivity index (χ1n) is 10.7. The minimum absolute atomic E-state index is 0.141. The number of aryl methyl sites for hydroxylation is 2. The Hall–Kier alpha value is -3.19. The number of anilines is 1. The monoisotopic (exact) mass is 416 g/mol. The van der Waals surface area contributed by atoms with Gasteiger partial charge in [0.25, 0.3) is 5.91 Å². The zero-order valence-electron chi connectivity index (χ0n) is 18.7. The molecule has 1 fully saturated rings. The van der Waals surface area contributed by atoms with E-state index in [0.29, 0.717) is 17.3 Å². The topological polar surface area (TPSA) is 65.8 Å². The highest BCUT2D eigenvalue weighted by atomic mass is 16.1. The van der Waals surface area contributed by atoms with E-state index in [1.807, 2.05) is 16.7 Å². The van der Waals surface area contributed by atoms with Gasteiger partial charge in [0.1, 0.15) is 5.65 Å². The molecule has 3 aromatic heterocycles. The van der Waals surface area contributed by atoms with Crippen LogP contribution in [0.3, 0.4) is 0 Å². The highest BCUT2D eigenvalue weighted by Crippen LogP contribution is 2.33. The van der Waals surface area contributed by atoms with Crippen molar-refractivity contribution in [3.8, 4) is 0 Å². The van der Waals surface area contributed by atoms with Gasteiger partial charge in [0.2, 0.25) is 0 Å². The van der Waals surface area contributed by atoms with Crippen LogP contribution in [0.1, 0.15) is 27.9 Å². The van der Waals surface area contributed by atoms with Crippen LogP contribution < -0.4 is 10.2 Å². The number of rotatable bonds is 3. The Balaban J connectivity index is 1.84. The van der Waals surface area contributed by atoms with E-state index in [-0.39, 0.29) is 5.91 Å². The number of nitrogens with zero attached hydrogens (tertiary/aromatic N) is 5. The molecule has 0 radical (unpaired) electrons. The van der Waals surface area contributed by atoms with Crippen LogP contribution in [0.2, 0.25) is 0 Å². The summed E-state index contributed by atoms with van der Waals surface area (Å²) in [7, 11) is 5.92. The fraction of sp³-hybridized carbons (Fsp3) is 0.375. The molecule has 0 spiro atoms. The van der Waals surface area contributed by atoms with Gasteiger partial charge in [-0.3, -0.25) is 9.20 Å². The standard InChI is InChI=1S/C24H28N6O/c1-14-10-19-21(11-15(14)2)30-22-17(12-18(23(30)27-19)24(31)25-3)20(6-8-26-22)29-9-7-16(13-29)28(4)5/h6,8,10-12,16H,7,9,13H2,1-5H3,(H,25,31)/t16-/m0/s1. The third-order valence-electron chi connectivity index (χ3n) is 6.66. The number of nitrogens with one attached hydrogen (secondary N) is 1. The second-order valence-electron chi connectivity index (χ2n) is 8.75. The quantitative estimate of drug-likeness (QED) is 0.556. The number of likely N-dealkylation sites (N-methyl/N-ethyl adjacent to an activating group) is 1. The summed E-state index contributed by atoms with van der Waals surface area (Å²) in [5.41, 5.74) is 7.39. The zero-order valence-corrected chi connectivity index (χ0v) is 18.7. The molecule has 1 aliphatic heterocycles. The molecule has 5 rings (SSSR count). The van der Waals surface area contributed by atoms with Crippen LogP contribution in [0.5, 0.6) is 0 Å². The van der Waals surface area contributed by atoms with Crippen molar-refractivity contribution in [2.75, 3.05) is 39.1 Å². The number of imidazole rings is 1. The first-order valence-corrected chi connectivity index (χ1v) is 10.7. The first kappa shape index (κ1) is 19.8. The lowest BCUT2D eigenvalue weighted by Gasteiger charge is -2.23. The molecule has 4 heterocycles. The van der Waals surface area contributed by atoms with Crippen LogP contribution in [0.25, 0.3) is 27.7 Å². The molecule has 0 unspecified atom stereocenters. The maximum Gasteiger partial charge on any atom is 0.254 e. The van der Waals surface area contributed by atoms with Crippen molar-refractivity contribution >= 4 is 39.3 Å². The van der Waals surface area contributed by atoms with Crippen molar-refractivity contribution in [3.05, 3.63) is 47.2 Å². The highest BCUT2D eigenvalue weighted by molar-refractivity contribution is 6.07. The summed E-state index contributed by atoms with van der Waals surface area (Å²) in [6, 6.07) is 8.77. The van der Waals surface area contributed by atoms with E-state index < -0.39 is 0 Å². The van der Waals surface area contributed by atoms with Gasteiger partial charge in [-0.1, -0.05) is 0 Å². The Labute approximate surface area is 181 Å². The Bertz CT molecular complexity index is 1340. The van der Waals surface area contributed by atoms with Crippen LogP contribution in [-0.2, 0) is 0 Å². The van der Waals surface area contributed by atoms with Gasteiger partial charge >= 0.3 is 0 Å². The third-order valence-corrected chi connectivity index (χ3v) is 6.66. The summed E-state index contributed by atoms with van der Waals surface area (Å²) in [6.07, 6.45) is 2.99. The van der Waals surface area contributed by atoms with Crippen molar-refractivity contribution in [1.29, 1.82) is 0 Å². The highest BCUT2D eigenvalue weighted by Gasteiger charge is 2.27. The number of pyridine rings is 2. The van der Waals surface area contributed by atoms with E-state index >= 15 is 0 Å². The Morgan fingerprint density at radius 3 is 2.65 bits per heavy atom. The van der Waals surface area contributed by atoms with Gasteiger partial charge in [0, 0.05) is 43.4 Å². The van der Waals surface area contributed by atoms with Gasteiger partial charge in [-0.2, -0.15) is 0 Å². The average Bonchev–Trinajstić information content (AvgIpc) is 3.38. The van der Waals surface area contributed by atoms with Crippen LogP contribution in [-0.4, -0.2) is 65.5 Å². The SMILES string of the molecule is CNC(=O)c1cc2c(N3CC[C@H](N(C)C)C3)ccnc2n2c1nc1cc(C)c(C)cc12. The molecule has 160 valence electrons. The molecule has 1 amide bonds. The van der Waals surface area contributed by atoms with Gasteiger partial charge in [-0.05, 0) is 69.8 Å². The Morgan fingerprint density at radius 1 is 1.16 bits per heavy atom. The molecule has 0 bridgehead atoms. The summed E-state index contributed by atoms with van der Waals surface area (Å²) < 4.78 is 2.05. The normalized spacial score (nSPS) is 16.8. The molecule has 4 aromatic rings. The lowest BCUT2D eigenvalue weighted by molar-refractivity contribution is 0.0964. The number of carbonyl (C=O) groups is 1. The van der Waals surface area contributed by atoms with E-state index in [4.69, 9.17) is 9.97 Å².